The van der Waals surface area contributed by atoms with Gasteiger partial charge in [-0.05, 0) is 42.3 Å². The summed E-state index contributed by atoms with van der Waals surface area (Å²) in [5.41, 5.74) is 4.42. The Morgan fingerprint density at radius 2 is 1.89 bits per heavy atom. The van der Waals surface area contributed by atoms with Crippen LogP contribution in [0.2, 0.25) is 0 Å². The number of imidazole rings is 1. The lowest BCUT2D eigenvalue weighted by molar-refractivity contribution is 0.475. The van der Waals surface area contributed by atoms with Crippen molar-refractivity contribution >= 4 is 11.0 Å². The number of nitrogens with zero attached hydrogens (tertiary/aromatic N) is 1. The lowest BCUT2D eigenvalue weighted by Gasteiger charge is -1.98. The normalized spacial score (nSPS) is 10.9. The molecule has 3 rings (SSSR count). The molecule has 3 heteroatoms. The van der Waals surface area contributed by atoms with Crippen molar-refractivity contribution in [2.24, 2.45) is 0 Å². The number of hydrogen-bond acceptors (Lipinski definition) is 2. The van der Waals surface area contributed by atoms with Gasteiger partial charge in [0.1, 0.15) is 11.6 Å². The third kappa shape index (κ3) is 2.07. The van der Waals surface area contributed by atoms with Crippen LogP contribution in [0.5, 0.6) is 5.75 Å². The van der Waals surface area contributed by atoms with Gasteiger partial charge in [0.2, 0.25) is 0 Å². The highest BCUT2D eigenvalue weighted by Crippen LogP contribution is 2.16. The van der Waals surface area contributed by atoms with Crippen LogP contribution in [0.25, 0.3) is 11.0 Å². The zero-order chi connectivity index (χ0) is 12.5. The SMILES string of the molecule is Cc1ccc2nc(Cc3ccc(O)cc3)[nH]c2c1. The molecule has 0 amide bonds. The fourth-order valence-electron chi connectivity index (χ4n) is 2.07. The summed E-state index contributed by atoms with van der Waals surface area (Å²) in [4.78, 5) is 7.88. The molecule has 2 N–H and O–H groups in total. The topological polar surface area (TPSA) is 48.9 Å². The third-order valence-corrected chi connectivity index (χ3v) is 2.99. The molecule has 1 aromatic heterocycles. The maximum atomic E-state index is 9.24. The van der Waals surface area contributed by atoms with E-state index in [1.54, 1.807) is 12.1 Å². The summed E-state index contributed by atoms with van der Waals surface area (Å²) in [7, 11) is 0. The van der Waals surface area contributed by atoms with Gasteiger partial charge in [0.05, 0.1) is 11.0 Å². The Morgan fingerprint density at radius 3 is 2.67 bits per heavy atom. The van der Waals surface area contributed by atoms with Crippen molar-refractivity contribution in [1.29, 1.82) is 0 Å². The lowest BCUT2D eigenvalue weighted by atomic mass is 10.1. The van der Waals surface area contributed by atoms with Gasteiger partial charge < -0.3 is 10.1 Å². The van der Waals surface area contributed by atoms with Gasteiger partial charge >= 0.3 is 0 Å². The molecule has 0 saturated heterocycles. The zero-order valence-electron chi connectivity index (χ0n) is 10.1. The number of aromatic amines is 1. The highest BCUT2D eigenvalue weighted by Gasteiger charge is 2.04. The second-order valence-corrected chi connectivity index (χ2v) is 4.55. The summed E-state index contributed by atoms with van der Waals surface area (Å²) in [5, 5.41) is 9.24. The summed E-state index contributed by atoms with van der Waals surface area (Å²) in [6.45, 7) is 2.07. The van der Waals surface area contributed by atoms with E-state index in [-0.39, 0.29) is 0 Å². The molecule has 0 aliphatic rings. The van der Waals surface area contributed by atoms with Gasteiger partial charge in [-0.15, -0.1) is 0 Å². The number of H-pyrrole nitrogens is 1. The van der Waals surface area contributed by atoms with Crippen LogP contribution in [-0.2, 0) is 6.42 Å². The largest absolute Gasteiger partial charge is 0.508 e. The maximum absolute atomic E-state index is 9.24. The average molecular weight is 238 g/mol. The molecular formula is C15H14N2O. The second kappa shape index (κ2) is 4.18. The van der Waals surface area contributed by atoms with Crippen LogP contribution in [0.15, 0.2) is 42.5 Å². The van der Waals surface area contributed by atoms with E-state index in [1.165, 1.54) is 5.56 Å². The molecule has 0 aliphatic heterocycles. The van der Waals surface area contributed by atoms with Crippen molar-refractivity contribution in [2.45, 2.75) is 13.3 Å². The van der Waals surface area contributed by atoms with Crippen LogP contribution >= 0.6 is 0 Å². The number of aryl methyl sites for hydroxylation is 1. The van der Waals surface area contributed by atoms with Crippen LogP contribution < -0.4 is 0 Å². The Labute approximate surface area is 105 Å². The van der Waals surface area contributed by atoms with E-state index < -0.39 is 0 Å². The Morgan fingerprint density at radius 1 is 1.11 bits per heavy atom. The van der Waals surface area contributed by atoms with Crippen molar-refractivity contribution in [1.82, 2.24) is 9.97 Å². The quantitative estimate of drug-likeness (QED) is 0.720. The molecule has 0 fully saturated rings. The van der Waals surface area contributed by atoms with E-state index in [4.69, 9.17) is 0 Å². The first-order chi connectivity index (χ1) is 8.70. The molecule has 0 saturated carbocycles. The summed E-state index contributed by atoms with van der Waals surface area (Å²) >= 11 is 0. The minimum Gasteiger partial charge on any atom is -0.508 e. The van der Waals surface area contributed by atoms with Gasteiger partial charge in [0.15, 0.2) is 0 Å². The molecule has 0 aliphatic carbocycles. The van der Waals surface area contributed by atoms with Gasteiger partial charge in [0.25, 0.3) is 0 Å². The predicted molar refractivity (Wildman–Crippen MR) is 71.7 cm³/mol. The van der Waals surface area contributed by atoms with Crippen LogP contribution in [0, 0.1) is 6.92 Å². The lowest BCUT2D eigenvalue weighted by Crippen LogP contribution is -1.89. The molecule has 90 valence electrons. The first kappa shape index (κ1) is 10.8. The third-order valence-electron chi connectivity index (χ3n) is 2.99. The van der Waals surface area contributed by atoms with Crippen molar-refractivity contribution in [3.63, 3.8) is 0 Å². The van der Waals surface area contributed by atoms with Gasteiger partial charge in [-0.1, -0.05) is 18.2 Å². The van der Waals surface area contributed by atoms with Crippen LogP contribution in [0.4, 0.5) is 0 Å². The maximum Gasteiger partial charge on any atom is 0.115 e. The van der Waals surface area contributed by atoms with E-state index in [2.05, 4.69) is 29.0 Å². The van der Waals surface area contributed by atoms with E-state index in [0.29, 0.717) is 5.75 Å². The number of aromatic hydroxyl groups is 1. The number of nitrogens with one attached hydrogen (secondary N) is 1. The number of phenolic OH excluding ortho intramolecular Hbond substituents is 1. The van der Waals surface area contributed by atoms with Crippen molar-refractivity contribution in [3.05, 3.63) is 59.4 Å². The molecule has 0 radical (unpaired) electrons. The van der Waals surface area contributed by atoms with Crippen molar-refractivity contribution < 1.29 is 5.11 Å². The molecule has 18 heavy (non-hydrogen) atoms. The van der Waals surface area contributed by atoms with Crippen LogP contribution in [0.3, 0.4) is 0 Å². The average Bonchev–Trinajstić information content (AvgIpc) is 2.73. The summed E-state index contributed by atoms with van der Waals surface area (Å²) < 4.78 is 0. The summed E-state index contributed by atoms with van der Waals surface area (Å²) in [6.07, 6.45) is 0.744. The molecule has 3 aromatic rings. The first-order valence-electron chi connectivity index (χ1n) is 5.94. The van der Waals surface area contributed by atoms with E-state index in [9.17, 15) is 5.11 Å². The predicted octanol–water partition coefficient (Wildman–Crippen LogP) is 3.17. The molecule has 0 spiro atoms. The molecule has 0 unspecified atom stereocenters. The molecule has 0 bridgehead atoms. The Balaban J connectivity index is 1.92. The fourth-order valence-corrected chi connectivity index (χ4v) is 2.07. The van der Waals surface area contributed by atoms with E-state index >= 15 is 0 Å². The van der Waals surface area contributed by atoms with Crippen molar-refractivity contribution in [3.8, 4) is 5.75 Å². The zero-order valence-corrected chi connectivity index (χ0v) is 10.1. The number of hydrogen-bond donors (Lipinski definition) is 2. The monoisotopic (exact) mass is 238 g/mol. The van der Waals surface area contributed by atoms with Crippen LogP contribution in [0.1, 0.15) is 17.0 Å². The smallest absolute Gasteiger partial charge is 0.115 e. The Bertz CT molecular complexity index is 683. The van der Waals surface area contributed by atoms with Gasteiger partial charge in [0, 0.05) is 6.42 Å². The molecular weight excluding hydrogens is 224 g/mol. The molecule has 3 nitrogen and oxygen atoms in total. The molecule has 0 atom stereocenters. The number of fused-ring (bicyclic) bond motifs is 1. The minimum atomic E-state index is 0.291. The number of benzene rings is 2. The fraction of sp³-hybridized carbons (Fsp3) is 0.133. The van der Waals surface area contributed by atoms with Gasteiger partial charge in [-0.3, -0.25) is 0 Å². The Hall–Kier alpha value is -2.29. The number of phenols is 1. The molecule has 1 heterocycles. The van der Waals surface area contributed by atoms with Gasteiger partial charge in [-0.2, -0.15) is 0 Å². The van der Waals surface area contributed by atoms with E-state index in [0.717, 1.165) is 28.8 Å². The minimum absolute atomic E-state index is 0.291. The number of rotatable bonds is 2. The Kier molecular flexibility index (Phi) is 2.52. The first-order valence-corrected chi connectivity index (χ1v) is 5.94. The molecule has 2 aromatic carbocycles. The van der Waals surface area contributed by atoms with E-state index in [1.807, 2.05) is 18.2 Å². The highest BCUT2D eigenvalue weighted by molar-refractivity contribution is 5.75. The van der Waals surface area contributed by atoms with Crippen LogP contribution in [-0.4, -0.2) is 15.1 Å². The summed E-state index contributed by atoms with van der Waals surface area (Å²) in [5.74, 6) is 1.24. The van der Waals surface area contributed by atoms with Gasteiger partial charge in [-0.25, -0.2) is 4.98 Å². The summed E-state index contributed by atoms with van der Waals surface area (Å²) in [6, 6.07) is 13.4. The highest BCUT2D eigenvalue weighted by atomic mass is 16.3. The second-order valence-electron chi connectivity index (χ2n) is 4.55. The standard InChI is InChI=1S/C15H14N2O/c1-10-2-7-13-14(8-10)17-15(16-13)9-11-3-5-12(18)6-4-11/h2-8,18H,9H2,1H3,(H,16,17). The number of aromatic nitrogens is 2. The van der Waals surface area contributed by atoms with Crippen molar-refractivity contribution in [2.75, 3.05) is 0 Å².